The van der Waals surface area contributed by atoms with Crippen LogP contribution in [0, 0.1) is 0 Å². The number of aliphatic hydroxyl groups is 1. The largest absolute Gasteiger partial charge is 0.395 e. The number of hydrogen-bond donors (Lipinski definition) is 1. The molecule has 0 amide bonds. The molecule has 0 spiro atoms. The van der Waals surface area contributed by atoms with Crippen molar-refractivity contribution in [1.29, 1.82) is 0 Å². The maximum absolute atomic E-state index is 8.45. The molecule has 0 atom stereocenters. The second kappa shape index (κ2) is 6.01. The van der Waals surface area contributed by atoms with Crippen LogP contribution in [0.25, 0.3) is 0 Å². The molecule has 0 aliphatic carbocycles. The maximum atomic E-state index is 8.45. The second-order valence-electron chi connectivity index (χ2n) is 2.13. The summed E-state index contributed by atoms with van der Waals surface area (Å²) in [4.78, 5) is 2.02. The van der Waals surface area contributed by atoms with Crippen molar-refractivity contribution in [3.05, 3.63) is 0 Å². The Morgan fingerprint density at radius 1 is 1.44 bits per heavy atom. The Kier molecular flexibility index (Phi) is 5.93. The van der Waals surface area contributed by atoms with E-state index in [1.54, 1.807) is 0 Å². The molecular formula is C6H15N2O. The first-order valence-corrected chi connectivity index (χ1v) is 3.25. The molecule has 55 valence electrons. The van der Waals surface area contributed by atoms with E-state index in [1.165, 1.54) is 0 Å². The van der Waals surface area contributed by atoms with Gasteiger partial charge in [0, 0.05) is 13.1 Å². The van der Waals surface area contributed by atoms with Gasteiger partial charge in [-0.2, -0.15) is 0 Å². The summed E-state index contributed by atoms with van der Waals surface area (Å²) < 4.78 is 0. The van der Waals surface area contributed by atoms with E-state index in [2.05, 4.69) is 0 Å². The van der Waals surface area contributed by atoms with Gasteiger partial charge >= 0.3 is 0 Å². The molecule has 3 heteroatoms. The minimum Gasteiger partial charge on any atom is -0.395 e. The average Bonchev–Trinajstić information content (AvgIpc) is 1.85. The van der Waals surface area contributed by atoms with E-state index >= 15 is 0 Å². The SMILES string of the molecule is CN(CCO)CCC[NH]. The van der Waals surface area contributed by atoms with Crippen LogP contribution in [0.1, 0.15) is 6.42 Å². The van der Waals surface area contributed by atoms with E-state index < -0.39 is 0 Å². The molecule has 0 unspecified atom stereocenters. The topological polar surface area (TPSA) is 47.3 Å². The summed E-state index contributed by atoms with van der Waals surface area (Å²) in [6.45, 7) is 2.34. The van der Waals surface area contributed by atoms with E-state index in [0.717, 1.165) is 19.5 Å². The van der Waals surface area contributed by atoms with Gasteiger partial charge in [-0.05, 0) is 20.0 Å². The van der Waals surface area contributed by atoms with Gasteiger partial charge in [0.05, 0.1) is 6.61 Å². The summed E-state index contributed by atoms with van der Waals surface area (Å²) in [6, 6.07) is 0. The number of likely N-dealkylation sites (N-methyl/N-ethyl adjacent to an activating group) is 1. The highest BCUT2D eigenvalue weighted by Crippen LogP contribution is 1.83. The van der Waals surface area contributed by atoms with Gasteiger partial charge in [0.15, 0.2) is 0 Å². The van der Waals surface area contributed by atoms with Crippen LogP contribution in [0.2, 0.25) is 0 Å². The third-order valence-electron chi connectivity index (χ3n) is 1.20. The zero-order chi connectivity index (χ0) is 7.11. The van der Waals surface area contributed by atoms with Crippen LogP contribution in [0.3, 0.4) is 0 Å². The lowest BCUT2D eigenvalue weighted by Gasteiger charge is -2.12. The van der Waals surface area contributed by atoms with Gasteiger partial charge in [0.1, 0.15) is 0 Å². The molecule has 9 heavy (non-hydrogen) atoms. The highest BCUT2D eigenvalue weighted by molar-refractivity contribution is 4.49. The first-order chi connectivity index (χ1) is 4.31. The van der Waals surface area contributed by atoms with Crippen LogP contribution in [-0.2, 0) is 0 Å². The summed E-state index contributed by atoms with van der Waals surface area (Å²) in [5, 5.41) is 8.45. The second-order valence-corrected chi connectivity index (χ2v) is 2.13. The van der Waals surface area contributed by atoms with Gasteiger partial charge in [0.25, 0.3) is 0 Å². The Hall–Kier alpha value is -0.120. The Bertz CT molecular complexity index is 59.0. The van der Waals surface area contributed by atoms with Crippen LogP contribution < -0.4 is 5.73 Å². The molecule has 0 saturated heterocycles. The molecule has 2 N–H and O–H groups in total. The molecule has 0 saturated carbocycles. The summed E-state index contributed by atoms with van der Waals surface area (Å²) in [5.41, 5.74) is 6.84. The number of aliphatic hydroxyl groups excluding tert-OH is 1. The smallest absolute Gasteiger partial charge is 0.0558 e. The number of nitrogens with one attached hydrogen (secondary N) is 1. The monoisotopic (exact) mass is 131 g/mol. The predicted molar refractivity (Wildman–Crippen MR) is 37.2 cm³/mol. The van der Waals surface area contributed by atoms with Crippen molar-refractivity contribution in [3.63, 3.8) is 0 Å². The third kappa shape index (κ3) is 5.76. The summed E-state index contributed by atoms with van der Waals surface area (Å²) >= 11 is 0. The van der Waals surface area contributed by atoms with Crippen LogP contribution in [0.4, 0.5) is 0 Å². The molecular weight excluding hydrogens is 116 g/mol. The van der Waals surface area contributed by atoms with Crippen molar-refractivity contribution in [2.75, 3.05) is 33.3 Å². The predicted octanol–water partition coefficient (Wildman–Crippen LogP) is -0.417. The lowest BCUT2D eigenvalue weighted by molar-refractivity contribution is 0.221. The van der Waals surface area contributed by atoms with E-state index in [4.69, 9.17) is 10.8 Å². The molecule has 3 nitrogen and oxygen atoms in total. The van der Waals surface area contributed by atoms with E-state index in [0.29, 0.717) is 6.54 Å². The van der Waals surface area contributed by atoms with Crippen molar-refractivity contribution in [2.45, 2.75) is 6.42 Å². The fraction of sp³-hybridized carbons (Fsp3) is 1.00. The molecule has 1 radical (unpaired) electrons. The van der Waals surface area contributed by atoms with E-state index in [-0.39, 0.29) is 6.61 Å². The molecule has 0 fully saturated rings. The first-order valence-electron chi connectivity index (χ1n) is 3.25. The van der Waals surface area contributed by atoms with Crippen molar-refractivity contribution in [2.24, 2.45) is 0 Å². The molecule has 0 aliphatic rings. The summed E-state index contributed by atoms with van der Waals surface area (Å²) in [7, 11) is 1.95. The van der Waals surface area contributed by atoms with Crippen LogP contribution >= 0.6 is 0 Å². The third-order valence-corrected chi connectivity index (χ3v) is 1.20. The van der Waals surface area contributed by atoms with Gasteiger partial charge in [-0.3, -0.25) is 5.73 Å². The number of hydrogen-bond acceptors (Lipinski definition) is 2. The standard InChI is InChI=1S/C6H15N2O/c1-8(5-6-9)4-2-3-7/h7,9H,2-6H2,1H3. The lowest BCUT2D eigenvalue weighted by atomic mass is 10.4. The highest BCUT2D eigenvalue weighted by atomic mass is 16.3. The van der Waals surface area contributed by atoms with Crippen molar-refractivity contribution in [3.8, 4) is 0 Å². The lowest BCUT2D eigenvalue weighted by Crippen LogP contribution is -2.23. The van der Waals surface area contributed by atoms with Gasteiger partial charge in [-0.15, -0.1) is 0 Å². The number of nitrogens with zero attached hydrogens (tertiary/aromatic N) is 1. The molecule has 0 aromatic rings. The fourth-order valence-corrected chi connectivity index (χ4v) is 0.631. The molecule has 0 aliphatic heterocycles. The summed E-state index contributed by atoms with van der Waals surface area (Å²) in [5.74, 6) is 0. The van der Waals surface area contributed by atoms with Gasteiger partial charge in [0.2, 0.25) is 0 Å². The first kappa shape index (κ1) is 8.88. The fourth-order valence-electron chi connectivity index (χ4n) is 0.631. The normalized spacial score (nSPS) is 10.7. The van der Waals surface area contributed by atoms with Crippen LogP contribution in [0.5, 0.6) is 0 Å². The van der Waals surface area contributed by atoms with Crippen LogP contribution in [-0.4, -0.2) is 43.3 Å². The van der Waals surface area contributed by atoms with Gasteiger partial charge in [-0.25, -0.2) is 0 Å². The zero-order valence-electron chi connectivity index (χ0n) is 5.93. The minimum atomic E-state index is 0.217. The van der Waals surface area contributed by atoms with Crippen molar-refractivity contribution < 1.29 is 5.11 Å². The highest BCUT2D eigenvalue weighted by Gasteiger charge is 1.93. The average molecular weight is 131 g/mol. The minimum absolute atomic E-state index is 0.217. The Labute approximate surface area is 56.5 Å². The quantitative estimate of drug-likeness (QED) is 0.551. The maximum Gasteiger partial charge on any atom is 0.0558 e. The zero-order valence-corrected chi connectivity index (χ0v) is 5.93. The van der Waals surface area contributed by atoms with Crippen molar-refractivity contribution >= 4 is 0 Å². The molecule has 0 heterocycles. The van der Waals surface area contributed by atoms with E-state index in [1.807, 2.05) is 11.9 Å². The van der Waals surface area contributed by atoms with Gasteiger partial charge in [-0.1, -0.05) is 0 Å². The Morgan fingerprint density at radius 3 is 2.56 bits per heavy atom. The van der Waals surface area contributed by atoms with Gasteiger partial charge < -0.3 is 10.0 Å². The van der Waals surface area contributed by atoms with Crippen molar-refractivity contribution in [1.82, 2.24) is 10.6 Å². The summed E-state index contributed by atoms with van der Waals surface area (Å²) in [6.07, 6.45) is 0.899. The van der Waals surface area contributed by atoms with E-state index in [9.17, 15) is 0 Å². The Morgan fingerprint density at radius 2 is 2.11 bits per heavy atom. The molecule has 0 bridgehead atoms. The molecule has 0 aromatic heterocycles. The molecule has 0 aromatic carbocycles. The molecule has 0 rings (SSSR count). The number of rotatable bonds is 5. The van der Waals surface area contributed by atoms with Crippen LogP contribution in [0.15, 0.2) is 0 Å². The Balaban J connectivity index is 2.95.